The minimum atomic E-state index is -0.621. The summed E-state index contributed by atoms with van der Waals surface area (Å²) < 4.78 is 21.9. The molecule has 10 aromatic carbocycles. The van der Waals surface area contributed by atoms with E-state index in [-0.39, 0.29) is 5.41 Å². The van der Waals surface area contributed by atoms with E-state index < -0.39 is 5.41 Å². The van der Waals surface area contributed by atoms with Crippen LogP contribution in [0.15, 0.2) is 249 Å². The van der Waals surface area contributed by atoms with Crippen LogP contribution in [0.4, 0.5) is 0 Å². The van der Waals surface area contributed by atoms with Crippen LogP contribution in [0.5, 0.6) is 23.0 Å². The third kappa shape index (κ3) is 6.99. The van der Waals surface area contributed by atoms with Gasteiger partial charge in [-0.25, -0.2) is 0 Å². The SMILES string of the molecule is CC(C)(C)c1ccnc(-n2c3cc(Oc4cccc(-n5[c](=[Pt])n(-c6c(-c7ccccc7)cccc6-c6ccccc6)c6ccccc65)c4)ccc3c3cc4c(cc32)C2(c3ccccc3Oc3ccccc32)c2ccccc2-4)c1. The van der Waals surface area contributed by atoms with Crippen molar-refractivity contribution in [3.05, 3.63) is 280 Å². The fourth-order valence-corrected chi connectivity index (χ4v) is 13.6. The van der Waals surface area contributed by atoms with E-state index in [9.17, 15) is 0 Å². The second-order valence-corrected chi connectivity index (χ2v) is 22.4. The van der Waals surface area contributed by atoms with E-state index >= 15 is 0 Å². The van der Waals surface area contributed by atoms with E-state index in [1.54, 1.807) is 0 Å². The van der Waals surface area contributed by atoms with Crippen LogP contribution >= 0.6 is 0 Å². The molecule has 0 saturated carbocycles. The molecule has 0 amide bonds. The van der Waals surface area contributed by atoms with Gasteiger partial charge in [0.05, 0.1) is 5.41 Å². The molecule has 78 heavy (non-hydrogen) atoms. The van der Waals surface area contributed by atoms with E-state index in [0.717, 1.165) is 110 Å². The molecule has 7 heteroatoms. The number of aromatic nitrogens is 4. The predicted molar refractivity (Wildman–Crippen MR) is 311 cm³/mol. The first-order chi connectivity index (χ1) is 38.2. The van der Waals surface area contributed by atoms with Crippen LogP contribution in [0.2, 0.25) is 0 Å². The van der Waals surface area contributed by atoms with Crippen molar-refractivity contribution in [2.75, 3.05) is 0 Å². The zero-order valence-electron chi connectivity index (χ0n) is 43.1. The predicted octanol–water partition coefficient (Wildman–Crippen LogP) is 17.9. The van der Waals surface area contributed by atoms with E-state index in [0.29, 0.717) is 0 Å². The van der Waals surface area contributed by atoms with E-state index in [4.69, 9.17) is 14.5 Å². The molecule has 2 aliphatic rings. The minimum absolute atomic E-state index is 0.101. The maximum atomic E-state index is 7.04. The molecule has 0 unspecified atom stereocenters. The summed E-state index contributed by atoms with van der Waals surface area (Å²) >= 11 is 2.51. The molecule has 0 saturated heterocycles. The van der Waals surface area contributed by atoms with Gasteiger partial charge in [-0.3, -0.25) is 0 Å². The summed E-state index contributed by atoms with van der Waals surface area (Å²) in [5, 5.41) is 2.26. The Balaban J connectivity index is 0.906. The van der Waals surface area contributed by atoms with Gasteiger partial charge in [0.1, 0.15) is 11.5 Å². The zero-order valence-corrected chi connectivity index (χ0v) is 45.4. The van der Waals surface area contributed by atoms with Crippen LogP contribution in [-0.4, -0.2) is 18.7 Å². The Labute approximate surface area is 463 Å². The molecule has 1 aliphatic carbocycles. The van der Waals surface area contributed by atoms with Gasteiger partial charge in [-0.2, -0.15) is 0 Å². The number of fused-ring (bicyclic) bond motifs is 13. The number of imidazole rings is 1. The van der Waals surface area contributed by atoms with E-state index in [1.165, 1.54) is 27.8 Å². The molecule has 3 aromatic heterocycles. The molecule has 4 heterocycles. The molecule has 1 spiro atoms. The third-order valence-electron chi connectivity index (χ3n) is 16.0. The van der Waals surface area contributed by atoms with Crippen molar-refractivity contribution in [1.82, 2.24) is 18.7 Å². The van der Waals surface area contributed by atoms with Gasteiger partial charge in [0.2, 0.25) is 0 Å². The molecule has 6 nitrogen and oxygen atoms in total. The van der Waals surface area contributed by atoms with Gasteiger partial charge in [0.15, 0.2) is 0 Å². The number of pyridine rings is 1. The van der Waals surface area contributed by atoms with Crippen molar-refractivity contribution in [3.8, 4) is 73.6 Å². The van der Waals surface area contributed by atoms with Gasteiger partial charge in [0, 0.05) is 17.3 Å². The Morgan fingerprint density at radius 3 is 1.71 bits per heavy atom. The van der Waals surface area contributed by atoms with Crippen molar-refractivity contribution in [3.63, 3.8) is 0 Å². The minimum Gasteiger partial charge on any atom is -0.457 e. The van der Waals surface area contributed by atoms with E-state index in [2.05, 4.69) is 290 Å². The summed E-state index contributed by atoms with van der Waals surface area (Å²) in [6, 6.07) is 87.0. The number of ether oxygens (including phenoxy) is 2. The van der Waals surface area contributed by atoms with E-state index in [1.807, 2.05) is 12.3 Å². The number of benzene rings is 10. The average Bonchev–Trinajstić information content (AvgIpc) is 4.10. The quantitative estimate of drug-likeness (QED) is 0.160. The van der Waals surface area contributed by atoms with Crippen LogP contribution in [0, 0.1) is 3.80 Å². The standard InChI is InChI=1S/C71H50N4O2.Pt/c1-70(2,3)48-38-39-72-68(40-48)75-64-42-51(36-37-55(64)57-43-56-54-26-10-11-29-58(54)71(61(56)44-65(57)75)59-30-12-16-34-66(59)77-67-35-17-13-31-60(67)71)76-50-25-18-24-49(41-50)73-45-74(63-33-15-14-32-62(63)73)69-52(46-20-6-4-7-21-46)27-19-28-53(69)47-22-8-5-9-23-47;/h4-44H,1-3H3;. The molecule has 0 radical (unpaired) electrons. The Morgan fingerprint density at radius 1 is 0.436 bits per heavy atom. The fraction of sp³-hybridized carbons (Fsp3) is 0.0704. The first kappa shape index (κ1) is 46.2. The smallest absolute Gasteiger partial charge is 0.457 e. The van der Waals surface area contributed by atoms with Crippen LogP contribution in [0.3, 0.4) is 0 Å². The van der Waals surface area contributed by atoms with Gasteiger partial charge in [-0.15, -0.1) is 0 Å². The summed E-state index contributed by atoms with van der Waals surface area (Å²) in [4.78, 5) is 5.16. The Bertz CT molecular complexity index is 4530. The molecule has 0 bridgehead atoms. The number of hydrogen-bond acceptors (Lipinski definition) is 3. The Hall–Kier alpha value is -9.09. The van der Waals surface area contributed by atoms with Gasteiger partial charge >= 0.3 is 294 Å². The molecule has 15 rings (SSSR count). The fourth-order valence-electron chi connectivity index (χ4n) is 12.5. The summed E-state index contributed by atoms with van der Waals surface area (Å²) in [5.41, 5.74) is 18.7. The Morgan fingerprint density at radius 2 is 1.01 bits per heavy atom. The van der Waals surface area contributed by atoms with Crippen LogP contribution in [0.25, 0.3) is 83.4 Å². The Kier molecular flexibility index (Phi) is 10.5. The number of rotatable bonds is 7. The monoisotopic (exact) mass is 1190 g/mol. The molecule has 0 fully saturated rings. The second-order valence-electron chi connectivity index (χ2n) is 21.4. The third-order valence-corrected chi connectivity index (χ3v) is 17.0. The van der Waals surface area contributed by atoms with Crippen molar-refractivity contribution in [1.29, 1.82) is 0 Å². The molecular formula is C71H50N4O2Pt. The number of hydrogen-bond donors (Lipinski definition) is 0. The normalized spacial score (nSPS) is 13.1. The van der Waals surface area contributed by atoms with Crippen molar-refractivity contribution < 1.29 is 28.8 Å². The first-order valence-electron chi connectivity index (χ1n) is 26.5. The second kappa shape index (κ2) is 17.7. The van der Waals surface area contributed by atoms with Gasteiger partial charge in [0.25, 0.3) is 0 Å². The molecule has 1 aliphatic heterocycles. The van der Waals surface area contributed by atoms with Crippen LogP contribution in [-0.2, 0) is 30.2 Å². The van der Waals surface area contributed by atoms with Gasteiger partial charge in [-0.05, 0) is 51.4 Å². The summed E-state index contributed by atoms with van der Waals surface area (Å²) in [5.74, 6) is 4.05. The molecular weight excluding hydrogens is 1140 g/mol. The number of para-hydroxylation sites is 5. The molecule has 376 valence electrons. The van der Waals surface area contributed by atoms with Crippen LogP contribution < -0.4 is 9.47 Å². The molecule has 0 atom stereocenters. The van der Waals surface area contributed by atoms with Crippen molar-refractivity contribution >= 4 is 32.8 Å². The topological polar surface area (TPSA) is 46.1 Å². The number of nitrogens with zero attached hydrogens (tertiary/aromatic N) is 4. The summed E-state index contributed by atoms with van der Waals surface area (Å²) in [7, 11) is 0. The van der Waals surface area contributed by atoms with Crippen LogP contribution in [0.1, 0.15) is 48.6 Å². The average molecular weight is 1190 g/mol. The van der Waals surface area contributed by atoms with Crippen molar-refractivity contribution in [2.45, 2.75) is 31.6 Å². The zero-order chi connectivity index (χ0) is 52.3. The van der Waals surface area contributed by atoms with Crippen molar-refractivity contribution in [2.24, 2.45) is 0 Å². The maximum absolute atomic E-state index is 7.04. The van der Waals surface area contributed by atoms with Gasteiger partial charge < -0.3 is 4.74 Å². The molecule has 0 N–H and O–H groups in total. The first-order valence-corrected chi connectivity index (χ1v) is 27.6. The molecule has 13 aromatic rings. The van der Waals surface area contributed by atoms with Gasteiger partial charge in [-0.1, -0.05) is 81.4 Å². The summed E-state index contributed by atoms with van der Waals surface area (Å²) in [6.07, 6.45) is 1.95. The summed E-state index contributed by atoms with van der Waals surface area (Å²) in [6.45, 7) is 6.78.